The standard InChI is InChI=1S/C14H18N2O2/c1-2-3-4-12-14(17)13(16)10-7-9(8-15)5-6-11(10)18-12/h5-7,12-14,17H,2-4,16H2,1H3. The summed E-state index contributed by atoms with van der Waals surface area (Å²) in [7, 11) is 0. The van der Waals surface area contributed by atoms with E-state index in [1.165, 1.54) is 0 Å². The van der Waals surface area contributed by atoms with Crippen molar-refractivity contribution in [3.05, 3.63) is 29.3 Å². The van der Waals surface area contributed by atoms with Gasteiger partial charge in [0.05, 0.1) is 17.7 Å². The minimum absolute atomic E-state index is 0.250. The first-order valence-corrected chi connectivity index (χ1v) is 6.31. The van der Waals surface area contributed by atoms with Crippen LogP contribution in [0.5, 0.6) is 5.75 Å². The molecule has 1 aromatic rings. The second-order valence-electron chi connectivity index (χ2n) is 4.68. The summed E-state index contributed by atoms with van der Waals surface area (Å²) in [5.41, 5.74) is 7.29. The van der Waals surface area contributed by atoms with Crippen molar-refractivity contribution < 1.29 is 9.84 Å². The zero-order valence-corrected chi connectivity index (χ0v) is 10.5. The topological polar surface area (TPSA) is 79.3 Å². The Morgan fingerprint density at radius 1 is 1.50 bits per heavy atom. The Morgan fingerprint density at radius 3 is 2.94 bits per heavy atom. The maximum atomic E-state index is 10.1. The van der Waals surface area contributed by atoms with Gasteiger partial charge < -0.3 is 15.6 Å². The van der Waals surface area contributed by atoms with Crippen LogP contribution >= 0.6 is 0 Å². The lowest BCUT2D eigenvalue weighted by molar-refractivity contribution is -0.00280. The number of hydrogen-bond acceptors (Lipinski definition) is 4. The Kier molecular flexibility index (Phi) is 3.85. The zero-order valence-electron chi connectivity index (χ0n) is 10.5. The maximum absolute atomic E-state index is 10.1. The van der Waals surface area contributed by atoms with E-state index in [-0.39, 0.29) is 6.10 Å². The fraction of sp³-hybridized carbons (Fsp3) is 0.500. The highest BCUT2D eigenvalue weighted by atomic mass is 16.5. The van der Waals surface area contributed by atoms with Crippen LogP contribution in [-0.4, -0.2) is 17.3 Å². The summed E-state index contributed by atoms with van der Waals surface area (Å²) in [6, 6.07) is 6.75. The maximum Gasteiger partial charge on any atom is 0.126 e. The molecular formula is C14H18N2O2. The van der Waals surface area contributed by atoms with Gasteiger partial charge in [-0.1, -0.05) is 13.3 Å². The molecule has 0 aromatic heterocycles. The molecule has 1 aliphatic rings. The number of nitrogens with two attached hydrogens (primary N) is 1. The summed E-state index contributed by atoms with van der Waals surface area (Å²) < 4.78 is 5.78. The summed E-state index contributed by atoms with van der Waals surface area (Å²) in [5.74, 6) is 0.688. The number of nitrogens with zero attached hydrogens (tertiary/aromatic N) is 1. The third-order valence-corrected chi connectivity index (χ3v) is 3.37. The largest absolute Gasteiger partial charge is 0.487 e. The van der Waals surface area contributed by atoms with Gasteiger partial charge in [-0.25, -0.2) is 0 Å². The molecule has 4 heteroatoms. The number of aliphatic hydroxyl groups excluding tert-OH is 1. The first-order chi connectivity index (χ1) is 8.67. The Morgan fingerprint density at radius 2 is 2.28 bits per heavy atom. The van der Waals surface area contributed by atoms with Crippen LogP contribution in [0.2, 0.25) is 0 Å². The highest BCUT2D eigenvalue weighted by Gasteiger charge is 2.34. The second-order valence-corrected chi connectivity index (χ2v) is 4.68. The minimum Gasteiger partial charge on any atom is -0.487 e. The number of benzene rings is 1. The van der Waals surface area contributed by atoms with E-state index in [0.717, 1.165) is 19.3 Å². The minimum atomic E-state index is -0.710. The molecule has 3 unspecified atom stereocenters. The number of fused-ring (bicyclic) bond motifs is 1. The molecular weight excluding hydrogens is 228 g/mol. The summed E-state index contributed by atoms with van der Waals surface area (Å²) in [4.78, 5) is 0. The van der Waals surface area contributed by atoms with Gasteiger partial charge >= 0.3 is 0 Å². The van der Waals surface area contributed by atoms with Gasteiger partial charge in [0.1, 0.15) is 18.0 Å². The van der Waals surface area contributed by atoms with Crippen molar-refractivity contribution in [1.82, 2.24) is 0 Å². The quantitative estimate of drug-likeness (QED) is 0.853. The molecule has 0 bridgehead atoms. The third-order valence-electron chi connectivity index (χ3n) is 3.37. The molecule has 2 rings (SSSR count). The van der Waals surface area contributed by atoms with Gasteiger partial charge in [-0.2, -0.15) is 5.26 Å². The predicted molar refractivity (Wildman–Crippen MR) is 68.0 cm³/mol. The van der Waals surface area contributed by atoms with Gasteiger partial charge in [0.2, 0.25) is 0 Å². The molecule has 18 heavy (non-hydrogen) atoms. The second kappa shape index (κ2) is 5.38. The van der Waals surface area contributed by atoms with Gasteiger partial charge in [0.25, 0.3) is 0 Å². The molecule has 1 aromatic carbocycles. The van der Waals surface area contributed by atoms with Crippen molar-refractivity contribution in [3.63, 3.8) is 0 Å². The SMILES string of the molecule is CCCCC1Oc2ccc(C#N)cc2C(N)C1O. The van der Waals surface area contributed by atoms with Crippen molar-refractivity contribution >= 4 is 0 Å². The van der Waals surface area contributed by atoms with Crippen LogP contribution in [0.3, 0.4) is 0 Å². The lowest BCUT2D eigenvalue weighted by Gasteiger charge is -2.35. The van der Waals surface area contributed by atoms with E-state index >= 15 is 0 Å². The molecule has 0 radical (unpaired) electrons. The van der Waals surface area contributed by atoms with Crippen LogP contribution in [0, 0.1) is 11.3 Å². The zero-order chi connectivity index (χ0) is 13.1. The molecule has 4 nitrogen and oxygen atoms in total. The number of nitriles is 1. The number of rotatable bonds is 3. The first kappa shape index (κ1) is 12.9. The molecule has 1 aliphatic heterocycles. The summed E-state index contributed by atoms with van der Waals surface area (Å²) >= 11 is 0. The van der Waals surface area contributed by atoms with Crippen molar-refractivity contribution in [2.45, 2.75) is 44.4 Å². The Balaban J connectivity index is 2.26. The lowest BCUT2D eigenvalue weighted by Crippen LogP contribution is -2.44. The van der Waals surface area contributed by atoms with E-state index in [1.54, 1.807) is 18.2 Å². The van der Waals surface area contributed by atoms with Crippen molar-refractivity contribution in [3.8, 4) is 11.8 Å². The van der Waals surface area contributed by atoms with Crippen molar-refractivity contribution in [2.75, 3.05) is 0 Å². The highest BCUT2D eigenvalue weighted by Crippen LogP contribution is 2.35. The number of aliphatic hydroxyl groups is 1. The van der Waals surface area contributed by atoms with Gasteiger partial charge in [-0.15, -0.1) is 0 Å². The van der Waals surface area contributed by atoms with Gasteiger partial charge in [-0.05, 0) is 31.0 Å². The highest BCUT2D eigenvalue weighted by molar-refractivity contribution is 5.45. The third kappa shape index (κ3) is 2.33. The predicted octanol–water partition coefficient (Wildman–Crippen LogP) is 1.87. The van der Waals surface area contributed by atoms with E-state index in [0.29, 0.717) is 16.9 Å². The molecule has 0 amide bonds. The van der Waals surface area contributed by atoms with Gasteiger partial charge in [-0.3, -0.25) is 0 Å². The molecule has 0 fully saturated rings. The number of hydrogen-bond donors (Lipinski definition) is 2. The van der Waals surface area contributed by atoms with Gasteiger partial charge in [0, 0.05) is 5.56 Å². The molecule has 0 spiro atoms. The van der Waals surface area contributed by atoms with Crippen LogP contribution in [0.25, 0.3) is 0 Å². The molecule has 3 N–H and O–H groups in total. The monoisotopic (exact) mass is 246 g/mol. The fourth-order valence-corrected chi connectivity index (χ4v) is 2.27. The lowest BCUT2D eigenvalue weighted by atomic mass is 9.91. The first-order valence-electron chi connectivity index (χ1n) is 6.31. The van der Waals surface area contributed by atoms with Crippen LogP contribution < -0.4 is 10.5 Å². The van der Waals surface area contributed by atoms with E-state index in [1.807, 2.05) is 0 Å². The van der Waals surface area contributed by atoms with Crippen molar-refractivity contribution in [1.29, 1.82) is 5.26 Å². The fourth-order valence-electron chi connectivity index (χ4n) is 2.27. The number of ether oxygens (including phenoxy) is 1. The van der Waals surface area contributed by atoms with Gasteiger partial charge in [0.15, 0.2) is 0 Å². The summed E-state index contributed by atoms with van der Waals surface area (Å²) in [5, 5.41) is 19.0. The van der Waals surface area contributed by atoms with E-state index in [9.17, 15) is 5.11 Å². The summed E-state index contributed by atoms with van der Waals surface area (Å²) in [6.07, 6.45) is 1.89. The molecule has 0 saturated carbocycles. The van der Waals surface area contributed by atoms with E-state index in [4.69, 9.17) is 15.7 Å². The molecule has 1 heterocycles. The average Bonchev–Trinajstić information content (AvgIpc) is 2.41. The smallest absolute Gasteiger partial charge is 0.126 e. The normalized spacial score (nSPS) is 26.0. The number of unbranched alkanes of at least 4 members (excludes halogenated alkanes) is 1. The average molecular weight is 246 g/mol. The summed E-state index contributed by atoms with van der Waals surface area (Å²) in [6.45, 7) is 2.10. The Labute approximate surface area is 107 Å². The Hall–Kier alpha value is -1.57. The van der Waals surface area contributed by atoms with Crippen LogP contribution in [0.1, 0.15) is 43.4 Å². The van der Waals surface area contributed by atoms with Crippen LogP contribution in [0.4, 0.5) is 0 Å². The van der Waals surface area contributed by atoms with Crippen molar-refractivity contribution in [2.24, 2.45) is 5.73 Å². The molecule has 3 atom stereocenters. The Bertz CT molecular complexity index is 467. The van der Waals surface area contributed by atoms with E-state index < -0.39 is 12.1 Å². The van der Waals surface area contributed by atoms with E-state index in [2.05, 4.69) is 13.0 Å². The molecule has 0 saturated heterocycles. The molecule has 96 valence electrons. The van der Waals surface area contributed by atoms with Crippen LogP contribution in [-0.2, 0) is 0 Å². The van der Waals surface area contributed by atoms with Crippen LogP contribution in [0.15, 0.2) is 18.2 Å². The molecule has 0 aliphatic carbocycles.